The summed E-state index contributed by atoms with van der Waals surface area (Å²) < 4.78 is 5.82. The molecule has 5 nitrogen and oxygen atoms in total. The Labute approximate surface area is 107 Å². The predicted molar refractivity (Wildman–Crippen MR) is 70.1 cm³/mol. The van der Waals surface area contributed by atoms with E-state index in [0.717, 1.165) is 18.7 Å². The van der Waals surface area contributed by atoms with Crippen LogP contribution < -0.4 is 15.8 Å². The highest BCUT2D eigenvalue weighted by Gasteiger charge is 2.22. The summed E-state index contributed by atoms with van der Waals surface area (Å²) in [5, 5.41) is 14.8. The summed E-state index contributed by atoms with van der Waals surface area (Å²) in [4.78, 5) is 0. The largest absolute Gasteiger partial charge is 0.488 e. The Hall–Kier alpha value is -1.75. The van der Waals surface area contributed by atoms with E-state index in [2.05, 4.69) is 16.5 Å². The van der Waals surface area contributed by atoms with Crippen LogP contribution in [-0.4, -0.2) is 29.7 Å². The van der Waals surface area contributed by atoms with Crippen LogP contribution in [0.15, 0.2) is 29.4 Å². The third-order valence-electron chi connectivity index (χ3n) is 3.05. The highest BCUT2D eigenvalue weighted by Crippen LogP contribution is 2.27. The molecule has 1 aromatic rings. The predicted octanol–water partition coefficient (Wildman–Crippen LogP) is 1.10. The van der Waals surface area contributed by atoms with Crippen molar-refractivity contribution in [1.82, 2.24) is 5.32 Å². The van der Waals surface area contributed by atoms with Crippen molar-refractivity contribution in [2.45, 2.75) is 31.9 Å². The molecule has 1 heterocycles. The van der Waals surface area contributed by atoms with Crippen molar-refractivity contribution in [2.24, 2.45) is 10.9 Å². The summed E-state index contributed by atoms with van der Waals surface area (Å²) >= 11 is 0. The molecule has 1 aliphatic rings. The first-order valence-electron chi connectivity index (χ1n) is 6.13. The van der Waals surface area contributed by atoms with Gasteiger partial charge >= 0.3 is 0 Å². The minimum atomic E-state index is 0.160. The van der Waals surface area contributed by atoms with Crippen LogP contribution in [-0.2, 0) is 6.42 Å². The Balaban J connectivity index is 1.77. The zero-order chi connectivity index (χ0) is 13.0. The number of hydrogen-bond donors (Lipinski definition) is 3. The molecule has 98 valence electrons. The summed E-state index contributed by atoms with van der Waals surface area (Å²) in [6.07, 6.45) is 1.62. The fraction of sp³-hybridized carbons (Fsp3) is 0.462. The number of amidine groups is 1. The lowest BCUT2D eigenvalue weighted by molar-refractivity contribution is 0.222. The summed E-state index contributed by atoms with van der Waals surface area (Å²) in [7, 11) is 0. The Morgan fingerprint density at radius 2 is 2.39 bits per heavy atom. The van der Waals surface area contributed by atoms with Crippen LogP contribution in [0.5, 0.6) is 5.75 Å². The Bertz CT molecular complexity index is 409. The normalized spacial score (nSPS) is 20.3. The molecule has 0 saturated heterocycles. The van der Waals surface area contributed by atoms with Crippen molar-refractivity contribution in [3.05, 3.63) is 29.8 Å². The maximum absolute atomic E-state index is 8.49. The number of rotatable bonds is 5. The first kappa shape index (κ1) is 12.7. The fourth-order valence-corrected chi connectivity index (χ4v) is 2.13. The maximum atomic E-state index is 8.49. The van der Waals surface area contributed by atoms with Crippen LogP contribution in [0.1, 0.15) is 18.9 Å². The molecule has 0 saturated carbocycles. The number of nitrogens with two attached hydrogens (primary N) is 1. The number of ether oxygens (including phenoxy) is 1. The van der Waals surface area contributed by atoms with Gasteiger partial charge in [0.1, 0.15) is 17.7 Å². The van der Waals surface area contributed by atoms with Crippen molar-refractivity contribution in [3.63, 3.8) is 0 Å². The zero-order valence-corrected chi connectivity index (χ0v) is 10.5. The van der Waals surface area contributed by atoms with E-state index in [9.17, 15) is 0 Å². The molecule has 0 radical (unpaired) electrons. The van der Waals surface area contributed by atoms with E-state index in [4.69, 9.17) is 15.7 Å². The molecule has 0 aliphatic carbocycles. The lowest BCUT2D eigenvalue weighted by Crippen LogP contribution is -2.38. The van der Waals surface area contributed by atoms with E-state index >= 15 is 0 Å². The van der Waals surface area contributed by atoms with E-state index in [0.29, 0.717) is 6.42 Å². The standard InChI is InChI=1S/C13H19N3O2/c1-9(6-13(14)16-17)15-8-11-7-10-4-2-3-5-12(10)18-11/h2-5,9,11,15,17H,6-8H2,1H3,(H2,14,16). The SMILES string of the molecule is CC(CC(N)=NO)NCC1Cc2ccccc2O1. The lowest BCUT2D eigenvalue weighted by Gasteiger charge is -2.16. The topological polar surface area (TPSA) is 79.9 Å². The second kappa shape index (κ2) is 5.73. The van der Waals surface area contributed by atoms with Crippen LogP contribution in [0.2, 0.25) is 0 Å². The smallest absolute Gasteiger partial charge is 0.140 e. The Morgan fingerprint density at radius 3 is 3.11 bits per heavy atom. The number of benzene rings is 1. The van der Waals surface area contributed by atoms with Crippen molar-refractivity contribution in [3.8, 4) is 5.75 Å². The minimum Gasteiger partial charge on any atom is -0.488 e. The van der Waals surface area contributed by atoms with Gasteiger partial charge in [-0.15, -0.1) is 0 Å². The van der Waals surface area contributed by atoms with Gasteiger partial charge in [-0.1, -0.05) is 23.4 Å². The van der Waals surface area contributed by atoms with Crippen LogP contribution in [0.3, 0.4) is 0 Å². The maximum Gasteiger partial charge on any atom is 0.140 e. The molecule has 0 aromatic heterocycles. The first-order chi connectivity index (χ1) is 8.69. The van der Waals surface area contributed by atoms with E-state index in [1.807, 2.05) is 25.1 Å². The Kier molecular flexibility index (Phi) is 4.04. The number of hydrogen-bond acceptors (Lipinski definition) is 4. The van der Waals surface area contributed by atoms with Crippen LogP contribution in [0.4, 0.5) is 0 Å². The average Bonchev–Trinajstić information content (AvgIpc) is 2.79. The average molecular weight is 249 g/mol. The quantitative estimate of drug-likeness (QED) is 0.316. The molecule has 0 spiro atoms. The Morgan fingerprint density at radius 1 is 1.61 bits per heavy atom. The van der Waals surface area contributed by atoms with Gasteiger partial charge in [0.25, 0.3) is 0 Å². The van der Waals surface area contributed by atoms with Gasteiger partial charge in [-0.05, 0) is 18.6 Å². The van der Waals surface area contributed by atoms with Gasteiger partial charge in [0.05, 0.1) is 0 Å². The van der Waals surface area contributed by atoms with Crippen molar-refractivity contribution < 1.29 is 9.94 Å². The molecule has 4 N–H and O–H groups in total. The molecule has 2 unspecified atom stereocenters. The van der Waals surface area contributed by atoms with E-state index < -0.39 is 0 Å². The van der Waals surface area contributed by atoms with Crippen LogP contribution in [0, 0.1) is 0 Å². The molecule has 1 aromatic carbocycles. The van der Waals surface area contributed by atoms with E-state index in [1.54, 1.807) is 0 Å². The summed E-state index contributed by atoms with van der Waals surface area (Å²) in [5.41, 5.74) is 6.71. The number of oxime groups is 1. The third-order valence-corrected chi connectivity index (χ3v) is 3.05. The summed E-state index contributed by atoms with van der Waals surface area (Å²) in [5.74, 6) is 1.22. The molecular formula is C13H19N3O2. The monoisotopic (exact) mass is 249 g/mol. The van der Waals surface area contributed by atoms with Gasteiger partial charge < -0.3 is 21.0 Å². The first-order valence-corrected chi connectivity index (χ1v) is 6.13. The van der Waals surface area contributed by atoms with Crippen molar-refractivity contribution >= 4 is 5.84 Å². The van der Waals surface area contributed by atoms with Gasteiger partial charge in [0.15, 0.2) is 0 Å². The third kappa shape index (κ3) is 3.13. The molecule has 2 atom stereocenters. The molecule has 18 heavy (non-hydrogen) atoms. The lowest BCUT2D eigenvalue weighted by atomic mass is 10.1. The van der Waals surface area contributed by atoms with Gasteiger partial charge in [-0.2, -0.15) is 0 Å². The number of para-hydroxylation sites is 1. The molecule has 0 fully saturated rings. The summed E-state index contributed by atoms with van der Waals surface area (Å²) in [6.45, 7) is 2.76. The molecule has 2 rings (SSSR count). The molecule has 5 heteroatoms. The van der Waals surface area contributed by atoms with Gasteiger partial charge in [0, 0.05) is 25.4 Å². The zero-order valence-electron chi connectivity index (χ0n) is 10.5. The van der Waals surface area contributed by atoms with E-state index in [-0.39, 0.29) is 18.0 Å². The second-order valence-electron chi connectivity index (χ2n) is 4.66. The fourth-order valence-electron chi connectivity index (χ4n) is 2.13. The van der Waals surface area contributed by atoms with Gasteiger partial charge in [0.2, 0.25) is 0 Å². The van der Waals surface area contributed by atoms with Crippen molar-refractivity contribution in [2.75, 3.05) is 6.54 Å². The molecule has 1 aliphatic heterocycles. The molecule has 0 amide bonds. The van der Waals surface area contributed by atoms with Gasteiger partial charge in [-0.3, -0.25) is 0 Å². The number of fused-ring (bicyclic) bond motifs is 1. The van der Waals surface area contributed by atoms with E-state index in [1.165, 1.54) is 5.56 Å². The van der Waals surface area contributed by atoms with Crippen LogP contribution in [0.25, 0.3) is 0 Å². The van der Waals surface area contributed by atoms with Crippen LogP contribution >= 0.6 is 0 Å². The van der Waals surface area contributed by atoms with Crippen molar-refractivity contribution in [1.29, 1.82) is 0 Å². The highest BCUT2D eigenvalue weighted by molar-refractivity contribution is 5.80. The number of nitrogens with one attached hydrogen (secondary N) is 1. The molecular weight excluding hydrogens is 230 g/mol. The second-order valence-corrected chi connectivity index (χ2v) is 4.66. The minimum absolute atomic E-state index is 0.160. The number of nitrogens with zero attached hydrogens (tertiary/aromatic N) is 1. The highest BCUT2D eigenvalue weighted by atomic mass is 16.5. The van der Waals surface area contributed by atoms with Gasteiger partial charge in [-0.25, -0.2) is 0 Å². The summed E-state index contributed by atoms with van der Waals surface area (Å²) in [6, 6.07) is 8.26. The molecule has 0 bridgehead atoms.